The fourth-order valence-corrected chi connectivity index (χ4v) is 1.46. The smallest absolute Gasteiger partial charge is 0.154 e. The van der Waals surface area contributed by atoms with Crippen molar-refractivity contribution >= 4 is 57.4 Å². The molecule has 0 saturated heterocycles. The molecule has 0 aliphatic carbocycles. The van der Waals surface area contributed by atoms with Crippen molar-refractivity contribution in [3.8, 4) is 0 Å². The predicted octanol–water partition coefficient (Wildman–Crippen LogP) is 2.30. The first-order valence-electron chi connectivity index (χ1n) is 3.54. The van der Waals surface area contributed by atoms with Gasteiger partial charge < -0.3 is 5.73 Å². The summed E-state index contributed by atoms with van der Waals surface area (Å²) < 4.78 is 0.531. The van der Waals surface area contributed by atoms with Crippen molar-refractivity contribution in [1.82, 2.24) is 0 Å². The second kappa shape index (κ2) is 7.30. The Bertz CT molecular complexity index is 302. The molecule has 0 radical (unpaired) electrons. The lowest BCUT2D eigenvalue weighted by Crippen LogP contribution is -2.09. The van der Waals surface area contributed by atoms with Gasteiger partial charge in [0, 0.05) is 10.1 Å². The van der Waals surface area contributed by atoms with E-state index >= 15 is 0 Å². The normalized spacial score (nSPS) is 13.5. The van der Waals surface area contributed by atoms with Gasteiger partial charge in [-0.25, -0.2) is 4.99 Å². The van der Waals surface area contributed by atoms with Gasteiger partial charge in [-0.1, -0.05) is 40.8 Å². The molecule has 0 aliphatic heterocycles. The van der Waals surface area contributed by atoms with Crippen molar-refractivity contribution in [2.75, 3.05) is 10.7 Å². The van der Waals surface area contributed by atoms with Crippen LogP contribution in [0, 0.1) is 0 Å². The SMILES string of the molecule is C=C(N=C(Cl)/C(C=O)=C(\N)CI)SC. The van der Waals surface area contributed by atoms with Crippen LogP contribution in [0.3, 0.4) is 0 Å². The fourth-order valence-electron chi connectivity index (χ4n) is 0.544. The molecule has 0 aromatic carbocycles. The van der Waals surface area contributed by atoms with Crippen molar-refractivity contribution in [3.63, 3.8) is 0 Å². The third-order valence-corrected chi connectivity index (χ3v) is 2.96. The molecule has 6 heteroatoms. The average molecular weight is 345 g/mol. The number of nitrogens with two attached hydrogens (primary N) is 1. The van der Waals surface area contributed by atoms with Crippen LogP contribution in [0.5, 0.6) is 0 Å². The standard InChI is InChI=1S/C8H10ClIN2OS/c1-5(14-2)12-8(9)6(4-13)7(11)3-10/h4H,1,3,11H2,2H3/b7-6-,12-8?. The number of carbonyl (C=O) groups is 1. The second-order valence-electron chi connectivity index (χ2n) is 2.19. The number of hydrogen-bond acceptors (Lipinski definition) is 4. The molecule has 0 aliphatic rings. The highest BCUT2D eigenvalue weighted by Gasteiger charge is 2.07. The van der Waals surface area contributed by atoms with Crippen molar-refractivity contribution in [3.05, 3.63) is 22.9 Å². The summed E-state index contributed by atoms with van der Waals surface area (Å²) in [7, 11) is 0. The number of alkyl halides is 1. The number of nitrogens with zero attached hydrogens (tertiary/aromatic N) is 1. The van der Waals surface area contributed by atoms with Gasteiger partial charge in [0.15, 0.2) is 6.29 Å². The van der Waals surface area contributed by atoms with Gasteiger partial charge in [0.2, 0.25) is 0 Å². The van der Waals surface area contributed by atoms with Crippen molar-refractivity contribution in [2.45, 2.75) is 0 Å². The molecule has 2 N–H and O–H groups in total. The van der Waals surface area contributed by atoms with Gasteiger partial charge in [0.1, 0.15) is 5.17 Å². The Hall–Kier alpha value is -0.0100. The van der Waals surface area contributed by atoms with Crippen LogP contribution in [0.1, 0.15) is 0 Å². The summed E-state index contributed by atoms with van der Waals surface area (Å²) in [5.41, 5.74) is 6.24. The number of aliphatic imine (C=N–C) groups is 1. The van der Waals surface area contributed by atoms with E-state index in [1.165, 1.54) is 11.8 Å². The van der Waals surface area contributed by atoms with E-state index in [1.807, 2.05) is 28.8 Å². The first-order valence-corrected chi connectivity index (χ1v) is 6.66. The van der Waals surface area contributed by atoms with Crippen LogP contribution in [-0.2, 0) is 4.79 Å². The summed E-state index contributed by atoms with van der Waals surface area (Å²) in [6, 6.07) is 0. The van der Waals surface area contributed by atoms with E-state index in [9.17, 15) is 4.79 Å². The van der Waals surface area contributed by atoms with E-state index in [1.54, 1.807) is 0 Å². The van der Waals surface area contributed by atoms with Crippen LogP contribution in [0.25, 0.3) is 0 Å². The summed E-state index contributed by atoms with van der Waals surface area (Å²) in [5.74, 6) is 0. The number of carbonyl (C=O) groups excluding carboxylic acids is 1. The first-order chi connectivity index (χ1) is 6.56. The Morgan fingerprint density at radius 1 is 1.79 bits per heavy atom. The number of aldehydes is 1. The molecule has 0 heterocycles. The molecular formula is C8H10ClIN2OS. The summed E-state index contributed by atoms with van der Waals surface area (Å²) in [6.45, 7) is 3.62. The van der Waals surface area contributed by atoms with Crippen LogP contribution in [0.2, 0.25) is 0 Å². The van der Waals surface area contributed by atoms with E-state index in [0.29, 0.717) is 21.4 Å². The van der Waals surface area contributed by atoms with E-state index in [-0.39, 0.29) is 10.7 Å². The number of allylic oxidation sites excluding steroid dienone is 2. The van der Waals surface area contributed by atoms with Crippen molar-refractivity contribution in [1.29, 1.82) is 0 Å². The van der Waals surface area contributed by atoms with Crippen LogP contribution >= 0.6 is 46.0 Å². The van der Waals surface area contributed by atoms with E-state index < -0.39 is 0 Å². The monoisotopic (exact) mass is 344 g/mol. The average Bonchev–Trinajstić information content (AvgIpc) is 2.18. The molecule has 0 aromatic rings. The van der Waals surface area contributed by atoms with Gasteiger partial charge in [0.25, 0.3) is 0 Å². The largest absolute Gasteiger partial charge is 0.401 e. The molecule has 0 unspecified atom stereocenters. The van der Waals surface area contributed by atoms with Gasteiger partial charge in [0.05, 0.1) is 10.6 Å². The Balaban J connectivity index is 4.98. The summed E-state index contributed by atoms with van der Waals surface area (Å²) in [4.78, 5) is 14.6. The number of hydrogen-bond donors (Lipinski definition) is 1. The van der Waals surface area contributed by atoms with Crippen molar-refractivity contribution < 1.29 is 4.79 Å². The highest BCUT2D eigenvalue weighted by molar-refractivity contribution is 14.1. The third-order valence-electron chi connectivity index (χ3n) is 1.29. The topological polar surface area (TPSA) is 55.5 Å². The highest BCUT2D eigenvalue weighted by Crippen LogP contribution is 2.14. The molecule has 0 bridgehead atoms. The number of thioether (sulfide) groups is 1. The minimum atomic E-state index is 0.0912. The van der Waals surface area contributed by atoms with E-state index in [2.05, 4.69) is 11.6 Å². The van der Waals surface area contributed by atoms with Gasteiger partial charge in [-0.3, -0.25) is 4.79 Å². The lowest BCUT2D eigenvalue weighted by atomic mass is 10.2. The maximum atomic E-state index is 10.7. The molecule has 0 rings (SSSR count). The number of rotatable bonds is 5. The summed E-state index contributed by atoms with van der Waals surface area (Å²) >= 11 is 9.20. The van der Waals surface area contributed by atoms with Crippen LogP contribution < -0.4 is 5.73 Å². The maximum Gasteiger partial charge on any atom is 0.154 e. The van der Waals surface area contributed by atoms with Crippen LogP contribution in [-0.4, -0.2) is 22.1 Å². The molecule has 0 fully saturated rings. The summed E-state index contributed by atoms with van der Waals surface area (Å²) in [6.07, 6.45) is 2.43. The quantitative estimate of drug-likeness (QED) is 0.274. The summed E-state index contributed by atoms with van der Waals surface area (Å²) in [5, 5.41) is 0.629. The lowest BCUT2D eigenvalue weighted by molar-refractivity contribution is -0.104. The van der Waals surface area contributed by atoms with E-state index in [4.69, 9.17) is 17.3 Å². The molecule has 0 aromatic heterocycles. The zero-order valence-corrected chi connectivity index (χ0v) is 11.3. The van der Waals surface area contributed by atoms with Gasteiger partial charge >= 0.3 is 0 Å². The van der Waals surface area contributed by atoms with Gasteiger partial charge in [-0.05, 0) is 6.26 Å². The maximum absolute atomic E-state index is 10.7. The van der Waals surface area contributed by atoms with Gasteiger partial charge in [-0.2, -0.15) is 0 Å². The molecule has 78 valence electrons. The van der Waals surface area contributed by atoms with Crippen LogP contribution in [0.15, 0.2) is 27.9 Å². The molecule has 0 amide bonds. The molecule has 0 atom stereocenters. The highest BCUT2D eigenvalue weighted by atomic mass is 127. The minimum absolute atomic E-state index is 0.0912. The zero-order valence-electron chi connectivity index (χ0n) is 7.59. The van der Waals surface area contributed by atoms with Crippen molar-refractivity contribution in [2.24, 2.45) is 10.7 Å². The molecule has 14 heavy (non-hydrogen) atoms. The van der Waals surface area contributed by atoms with Crippen LogP contribution in [0.4, 0.5) is 0 Å². The molecule has 0 saturated carbocycles. The zero-order chi connectivity index (χ0) is 11.1. The van der Waals surface area contributed by atoms with E-state index in [0.717, 1.165) is 0 Å². The minimum Gasteiger partial charge on any atom is -0.401 e. The molecule has 0 spiro atoms. The number of halogens is 2. The first kappa shape index (κ1) is 14.0. The Morgan fingerprint density at radius 2 is 2.36 bits per heavy atom. The molecule has 3 nitrogen and oxygen atoms in total. The fraction of sp³-hybridized carbons (Fsp3) is 0.250. The Kier molecular flexibility index (Phi) is 7.30. The Morgan fingerprint density at radius 3 is 2.71 bits per heavy atom. The predicted molar refractivity (Wildman–Crippen MR) is 72.1 cm³/mol. The second-order valence-corrected chi connectivity index (χ2v) is 4.19. The third kappa shape index (κ3) is 4.47. The Labute approximate surface area is 106 Å². The lowest BCUT2D eigenvalue weighted by Gasteiger charge is -2.01. The van der Waals surface area contributed by atoms with Gasteiger partial charge in [-0.15, -0.1) is 11.8 Å². The molecular weight excluding hydrogens is 335 g/mol.